The van der Waals surface area contributed by atoms with Gasteiger partial charge in [-0.1, -0.05) is 18.5 Å². The van der Waals surface area contributed by atoms with Gasteiger partial charge in [-0.2, -0.15) is 0 Å². The van der Waals surface area contributed by atoms with Gasteiger partial charge in [-0.15, -0.1) is 0 Å². The molecule has 0 unspecified atom stereocenters. The molecule has 0 aliphatic heterocycles. The zero-order chi connectivity index (χ0) is 15.0. The minimum Gasteiger partial charge on any atom is -0.347 e. The number of halogens is 1. The van der Waals surface area contributed by atoms with Crippen LogP contribution in [0.3, 0.4) is 0 Å². The molecule has 2 rings (SSSR count). The van der Waals surface area contributed by atoms with Crippen LogP contribution in [0.15, 0.2) is 23.1 Å². The van der Waals surface area contributed by atoms with Crippen LogP contribution in [0.1, 0.15) is 43.0 Å². The molecule has 1 aliphatic carbocycles. The number of hydrogen-bond donors (Lipinski definition) is 2. The summed E-state index contributed by atoms with van der Waals surface area (Å²) in [5, 5.41) is 8.23. The predicted octanol–water partition coefficient (Wildman–Crippen LogP) is 2.05. The topological polar surface area (TPSA) is 89.3 Å². The van der Waals surface area contributed by atoms with Crippen LogP contribution in [0.4, 0.5) is 0 Å². The number of amides is 1. The fraction of sp³-hybridized carbons (Fsp3) is 0.462. The summed E-state index contributed by atoms with van der Waals surface area (Å²) in [5.74, 6) is -0.359. The molecule has 0 spiro atoms. The van der Waals surface area contributed by atoms with Crippen LogP contribution in [-0.4, -0.2) is 19.9 Å². The number of hydrogen-bond acceptors (Lipinski definition) is 3. The summed E-state index contributed by atoms with van der Waals surface area (Å²) in [7, 11) is -3.86. The fourth-order valence-electron chi connectivity index (χ4n) is 2.33. The quantitative estimate of drug-likeness (QED) is 0.891. The zero-order valence-corrected chi connectivity index (χ0v) is 12.7. The van der Waals surface area contributed by atoms with Gasteiger partial charge < -0.3 is 5.32 Å². The Morgan fingerprint density at radius 3 is 2.55 bits per heavy atom. The lowest BCUT2D eigenvalue weighted by molar-refractivity contribution is 0.0820. The smallest absolute Gasteiger partial charge is 0.253 e. The molecule has 5 nitrogen and oxygen atoms in total. The lowest BCUT2D eigenvalue weighted by Gasteiger charge is -2.42. The first kappa shape index (κ1) is 15.3. The maximum absolute atomic E-state index is 12.3. The molecule has 3 N–H and O–H groups in total. The van der Waals surface area contributed by atoms with Crippen molar-refractivity contribution in [1.82, 2.24) is 5.32 Å². The van der Waals surface area contributed by atoms with Gasteiger partial charge in [0.2, 0.25) is 10.0 Å². The molecular weight excluding hydrogens is 300 g/mol. The van der Waals surface area contributed by atoms with Crippen molar-refractivity contribution in [1.29, 1.82) is 0 Å². The first-order chi connectivity index (χ1) is 9.27. The average molecular weight is 317 g/mol. The van der Waals surface area contributed by atoms with E-state index < -0.39 is 10.0 Å². The molecule has 1 aliphatic rings. The molecule has 1 fully saturated rings. The van der Waals surface area contributed by atoms with E-state index in [0.717, 1.165) is 25.7 Å². The van der Waals surface area contributed by atoms with Gasteiger partial charge in [0.15, 0.2) is 0 Å². The molecule has 0 saturated heterocycles. The first-order valence-corrected chi connectivity index (χ1v) is 8.35. The summed E-state index contributed by atoms with van der Waals surface area (Å²) in [6.07, 6.45) is 3.79. The standard InChI is InChI=1S/C13H17ClN2O3S/c1-2-13(6-3-7-13)16-12(17)10-8-9(20(15,18)19)4-5-11(10)14/h4-5,8H,2-3,6-7H2,1H3,(H,16,17)(H2,15,18,19). The molecule has 110 valence electrons. The summed E-state index contributed by atoms with van der Waals surface area (Å²) in [6.45, 7) is 2.02. The normalized spacial score (nSPS) is 17.4. The third-order valence-electron chi connectivity index (χ3n) is 3.88. The second-order valence-corrected chi connectivity index (χ2v) is 7.10. The third kappa shape index (κ3) is 2.97. The summed E-state index contributed by atoms with van der Waals surface area (Å²) in [4.78, 5) is 12.2. The summed E-state index contributed by atoms with van der Waals surface area (Å²) >= 11 is 5.98. The molecular formula is C13H17ClN2O3S. The molecule has 1 aromatic carbocycles. The molecule has 0 radical (unpaired) electrons. The number of carbonyl (C=O) groups excluding carboxylic acids is 1. The van der Waals surface area contributed by atoms with Crippen molar-refractivity contribution in [2.75, 3.05) is 0 Å². The van der Waals surface area contributed by atoms with Gasteiger partial charge in [0.05, 0.1) is 15.5 Å². The number of nitrogens with two attached hydrogens (primary N) is 1. The number of sulfonamides is 1. The van der Waals surface area contributed by atoms with Gasteiger partial charge in [0.25, 0.3) is 5.91 Å². The van der Waals surface area contributed by atoms with Gasteiger partial charge in [-0.25, -0.2) is 13.6 Å². The van der Waals surface area contributed by atoms with E-state index in [1.807, 2.05) is 6.92 Å². The Morgan fingerprint density at radius 2 is 2.10 bits per heavy atom. The third-order valence-corrected chi connectivity index (χ3v) is 5.12. The van der Waals surface area contributed by atoms with Crippen molar-refractivity contribution >= 4 is 27.5 Å². The SMILES string of the molecule is CCC1(NC(=O)c2cc(S(N)(=O)=O)ccc2Cl)CCC1. The minimum absolute atomic E-state index is 0.119. The van der Waals surface area contributed by atoms with Gasteiger partial charge in [0.1, 0.15) is 0 Å². The van der Waals surface area contributed by atoms with E-state index in [2.05, 4.69) is 5.32 Å². The van der Waals surface area contributed by atoms with Crippen molar-refractivity contribution in [2.24, 2.45) is 5.14 Å². The van der Waals surface area contributed by atoms with E-state index in [9.17, 15) is 13.2 Å². The summed E-state index contributed by atoms with van der Waals surface area (Å²) in [6, 6.07) is 3.87. The van der Waals surface area contributed by atoms with Crippen LogP contribution in [0.5, 0.6) is 0 Å². The average Bonchev–Trinajstić information content (AvgIpc) is 2.32. The highest BCUT2D eigenvalue weighted by Gasteiger charge is 2.37. The van der Waals surface area contributed by atoms with Gasteiger partial charge in [-0.05, 0) is 43.9 Å². The Labute approximate surface area is 123 Å². The molecule has 0 aromatic heterocycles. The van der Waals surface area contributed by atoms with E-state index in [4.69, 9.17) is 16.7 Å². The minimum atomic E-state index is -3.86. The molecule has 0 bridgehead atoms. The molecule has 1 saturated carbocycles. The van der Waals surface area contributed by atoms with Crippen LogP contribution in [0.2, 0.25) is 5.02 Å². The Bertz CT molecular complexity index is 634. The van der Waals surface area contributed by atoms with E-state index >= 15 is 0 Å². The highest BCUT2D eigenvalue weighted by molar-refractivity contribution is 7.89. The summed E-state index contributed by atoms with van der Waals surface area (Å²) < 4.78 is 22.7. The van der Waals surface area contributed by atoms with E-state index in [1.165, 1.54) is 18.2 Å². The lowest BCUT2D eigenvalue weighted by Crippen LogP contribution is -2.53. The van der Waals surface area contributed by atoms with Crippen molar-refractivity contribution in [3.8, 4) is 0 Å². The van der Waals surface area contributed by atoms with Crippen molar-refractivity contribution in [3.63, 3.8) is 0 Å². The largest absolute Gasteiger partial charge is 0.347 e. The Kier molecular flexibility index (Phi) is 4.09. The van der Waals surface area contributed by atoms with E-state index in [1.54, 1.807) is 0 Å². The predicted molar refractivity (Wildman–Crippen MR) is 77.2 cm³/mol. The van der Waals surface area contributed by atoms with Crippen molar-refractivity contribution < 1.29 is 13.2 Å². The number of benzene rings is 1. The molecule has 0 atom stereocenters. The fourth-order valence-corrected chi connectivity index (χ4v) is 3.08. The zero-order valence-electron chi connectivity index (χ0n) is 11.1. The molecule has 0 heterocycles. The lowest BCUT2D eigenvalue weighted by atomic mass is 9.74. The monoisotopic (exact) mass is 316 g/mol. The van der Waals surface area contributed by atoms with Crippen LogP contribution >= 0.6 is 11.6 Å². The maximum atomic E-state index is 12.3. The van der Waals surface area contributed by atoms with Crippen molar-refractivity contribution in [2.45, 2.75) is 43.0 Å². The summed E-state index contributed by atoms with van der Waals surface area (Å²) in [5.41, 5.74) is -0.0456. The van der Waals surface area contributed by atoms with Gasteiger partial charge in [-0.3, -0.25) is 4.79 Å². The van der Waals surface area contributed by atoms with Crippen molar-refractivity contribution in [3.05, 3.63) is 28.8 Å². The highest BCUT2D eigenvalue weighted by atomic mass is 35.5. The van der Waals surface area contributed by atoms with Crippen LogP contribution in [0.25, 0.3) is 0 Å². The Morgan fingerprint density at radius 1 is 1.45 bits per heavy atom. The number of nitrogens with one attached hydrogen (secondary N) is 1. The Balaban J connectivity index is 2.30. The van der Waals surface area contributed by atoms with E-state index in [0.29, 0.717) is 0 Å². The molecule has 1 aromatic rings. The Hall–Kier alpha value is -1.11. The van der Waals surface area contributed by atoms with Crippen LogP contribution in [0, 0.1) is 0 Å². The second-order valence-electron chi connectivity index (χ2n) is 5.13. The van der Waals surface area contributed by atoms with Crippen LogP contribution in [-0.2, 0) is 10.0 Å². The van der Waals surface area contributed by atoms with Crippen LogP contribution < -0.4 is 10.5 Å². The maximum Gasteiger partial charge on any atom is 0.253 e. The molecule has 7 heteroatoms. The second kappa shape index (κ2) is 5.35. The highest BCUT2D eigenvalue weighted by Crippen LogP contribution is 2.35. The number of carbonyl (C=O) groups is 1. The van der Waals surface area contributed by atoms with Gasteiger partial charge >= 0.3 is 0 Å². The number of primary sulfonamides is 1. The van der Waals surface area contributed by atoms with Gasteiger partial charge in [0, 0.05) is 5.54 Å². The molecule has 20 heavy (non-hydrogen) atoms. The first-order valence-electron chi connectivity index (χ1n) is 6.42. The number of rotatable bonds is 4. The molecule has 1 amide bonds. The van der Waals surface area contributed by atoms with E-state index in [-0.39, 0.29) is 26.9 Å².